The largest absolute Gasteiger partial charge is 0.397 e. The van der Waals surface area contributed by atoms with Gasteiger partial charge in [-0.1, -0.05) is 20.8 Å². The molecule has 2 aromatic rings. The fraction of sp³-hybridized carbons (Fsp3) is 0.333. The molecule has 2 rings (SSSR count). The standard InChI is InChI=1S/C12H19N5/c1-12(2,3)9-5-6(13)10(17-9)8-4-7(14)11(15)16-8/h4-5,16-17H,13-15H2,1-3H3. The molecule has 0 radical (unpaired) electrons. The maximum atomic E-state index is 6.00. The van der Waals surface area contributed by atoms with Crippen LogP contribution in [0, 0.1) is 0 Å². The molecule has 5 nitrogen and oxygen atoms in total. The van der Waals surface area contributed by atoms with Crippen LogP contribution >= 0.6 is 0 Å². The molecular formula is C12H19N5. The Labute approximate surface area is 100 Å². The maximum Gasteiger partial charge on any atom is 0.124 e. The van der Waals surface area contributed by atoms with Gasteiger partial charge in [-0.15, -0.1) is 0 Å². The Bertz CT molecular complexity index is 522. The number of nitrogens with two attached hydrogens (primary N) is 3. The van der Waals surface area contributed by atoms with Gasteiger partial charge in [0.2, 0.25) is 0 Å². The molecule has 0 bridgehead atoms. The summed E-state index contributed by atoms with van der Waals surface area (Å²) in [5.41, 5.74) is 21.4. The second-order valence-electron chi connectivity index (χ2n) is 5.32. The highest BCUT2D eigenvalue weighted by Gasteiger charge is 2.19. The number of aromatic nitrogens is 2. The Hall–Kier alpha value is -2.04. The van der Waals surface area contributed by atoms with Crippen molar-refractivity contribution in [1.29, 1.82) is 0 Å². The highest BCUT2D eigenvalue weighted by Crippen LogP contribution is 2.32. The van der Waals surface area contributed by atoms with E-state index >= 15 is 0 Å². The average Bonchev–Trinajstić information content (AvgIpc) is 2.71. The monoisotopic (exact) mass is 233 g/mol. The topological polar surface area (TPSA) is 110 Å². The minimum atomic E-state index is 0.0239. The number of H-pyrrole nitrogens is 2. The molecule has 0 spiro atoms. The van der Waals surface area contributed by atoms with Crippen molar-refractivity contribution in [2.24, 2.45) is 0 Å². The number of aromatic amines is 2. The third kappa shape index (κ3) is 1.95. The van der Waals surface area contributed by atoms with Gasteiger partial charge in [0, 0.05) is 11.1 Å². The van der Waals surface area contributed by atoms with E-state index in [1.807, 2.05) is 6.07 Å². The normalized spacial score (nSPS) is 11.9. The van der Waals surface area contributed by atoms with Crippen molar-refractivity contribution >= 4 is 17.2 Å². The summed E-state index contributed by atoms with van der Waals surface area (Å²) in [7, 11) is 0. The molecule has 0 amide bonds. The zero-order valence-electron chi connectivity index (χ0n) is 10.4. The molecule has 5 heteroatoms. The summed E-state index contributed by atoms with van der Waals surface area (Å²) >= 11 is 0. The summed E-state index contributed by atoms with van der Waals surface area (Å²) in [5, 5.41) is 0. The molecule has 0 saturated heterocycles. The van der Waals surface area contributed by atoms with E-state index < -0.39 is 0 Å². The van der Waals surface area contributed by atoms with Gasteiger partial charge in [-0.25, -0.2) is 0 Å². The van der Waals surface area contributed by atoms with E-state index in [1.54, 1.807) is 6.07 Å². The second-order valence-corrected chi connectivity index (χ2v) is 5.32. The zero-order chi connectivity index (χ0) is 12.8. The van der Waals surface area contributed by atoms with Gasteiger partial charge in [0.05, 0.1) is 22.8 Å². The lowest BCUT2D eigenvalue weighted by atomic mass is 9.92. The maximum absolute atomic E-state index is 6.00. The first kappa shape index (κ1) is 11.4. The van der Waals surface area contributed by atoms with Gasteiger partial charge in [-0.05, 0) is 12.1 Å². The number of rotatable bonds is 1. The van der Waals surface area contributed by atoms with Crippen LogP contribution in [0.2, 0.25) is 0 Å². The first-order chi connectivity index (χ1) is 7.79. The molecule has 0 aromatic carbocycles. The summed E-state index contributed by atoms with van der Waals surface area (Å²) in [4.78, 5) is 6.32. The van der Waals surface area contributed by atoms with E-state index in [4.69, 9.17) is 17.2 Å². The van der Waals surface area contributed by atoms with Crippen LogP contribution < -0.4 is 17.2 Å². The number of hydrogen-bond acceptors (Lipinski definition) is 3. The van der Waals surface area contributed by atoms with Crippen LogP contribution in [0.4, 0.5) is 17.2 Å². The fourth-order valence-corrected chi connectivity index (χ4v) is 1.72. The molecule has 2 aromatic heterocycles. The number of anilines is 3. The summed E-state index contributed by atoms with van der Waals surface area (Å²) < 4.78 is 0. The van der Waals surface area contributed by atoms with E-state index in [-0.39, 0.29) is 5.41 Å². The molecule has 0 aliphatic heterocycles. The van der Waals surface area contributed by atoms with Crippen molar-refractivity contribution in [3.63, 3.8) is 0 Å². The molecule has 0 fully saturated rings. The summed E-state index contributed by atoms with van der Waals surface area (Å²) in [5.74, 6) is 0.464. The predicted octanol–water partition coefficient (Wildman–Crippen LogP) is 2.05. The Kier molecular flexibility index (Phi) is 2.34. The van der Waals surface area contributed by atoms with Crippen LogP contribution in [0.5, 0.6) is 0 Å². The van der Waals surface area contributed by atoms with Crippen molar-refractivity contribution in [2.45, 2.75) is 26.2 Å². The van der Waals surface area contributed by atoms with E-state index in [0.717, 1.165) is 17.1 Å². The van der Waals surface area contributed by atoms with Crippen molar-refractivity contribution in [2.75, 3.05) is 17.2 Å². The van der Waals surface area contributed by atoms with Crippen LogP contribution in [0.25, 0.3) is 11.4 Å². The second kappa shape index (κ2) is 3.48. The highest BCUT2D eigenvalue weighted by molar-refractivity contribution is 5.78. The van der Waals surface area contributed by atoms with Crippen LogP contribution in [0.1, 0.15) is 26.5 Å². The van der Waals surface area contributed by atoms with Gasteiger partial charge >= 0.3 is 0 Å². The summed E-state index contributed by atoms with van der Waals surface area (Å²) in [6.07, 6.45) is 0. The number of nitrogens with one attached hydrogen (secondary N) is 2. The van der Waals surface area contributed by atoms with Crippen molar-refractivity contribution in [3.05, 3.63) is 17.8 Å². The first-order valence-electron chi connectivity index (χ1n) is 5.52. The molecule has 92 valence electrons. The van der Waals surface area contributed by atoms with Gasteiger partial charge in [-0.2, -0.15) is 0 Å². The SMILES string of the molecule is CC(C)(C)c1cc(N)c(-c2cc(N)c(N)[nH]2)[nH]1. The Morgan fingerprint density at radius 2 is 1.59 bits per heavy atom. The van der Waals surface area contributed by atoms with Gasteiger partial charge < -0.3 is 27.2 Å². The Morgan fingerprint density at radius 1 is 0.941 bits per heavy atom. The van der Waals surface area contributed by atoms with Crippen molar-refractivity contribution in [1.82, 2.24) is 9.97 Å². The molecule has 0 atom stereocenters. The summed E-state index contributed by atoms with van der Waals surface area (Å²) in [6.45, 7) is 6.37. The highest BCUT2D eigenvalue weighted by atomic mass is 14.9. The van der Waals surface area contributed by atoms with E-state index in [1.165, 1.54) is 0 Å². The third-order valence-corrected chi connectivity index (χ3v) is 2.81. The van der Waals surface area contributed by atoms with E-state index in [2.05, 4.69) is 30.7 Å². The first-order valence-corrected chi connectivity index (χ1v) is 5.52. The van der Waals surface area contributed by atoms with Crippen LogP contribution in [-0.2, 0) is 5.41 Å². The number of hydrogen-bond donors (Lipinski definition) is 5. The van der Waals surface area contributed by atoms with Crippen molar-refractivity contribution < 1.29 is 0 Å². The van der Waals surface area contributed by atoms with E-state index in [0.29, 0.717) is 17.2 Å². The fourth-order valence-electron chi connectivity index (χ4n) is 1.72. The molecule has 17 heavy (non-hydrogen) atoms. The average molecular weight is 233 g/mol. The minimum absolute atomic E-state index is 0.0239. The lowest BCUT2D eigenvalue weighted by molar-refractivity contribution is 0.573. The molecule has 2 heterocycles. The molecule has 0 unspecified atom stereocenters. The van der Waals surface area contributed by atoms with Crippen LogP contribution in [0.3, 0.4) is 0 Å². The molecular weight excluding hydrogens is 214 g/mol. The van der Waals surface area contributed by atoms with Gasteiger partial charge in [0.1, 0.15) is 5.82 Å². The molecule has 0 saturated carbocycles. The molecule has 0 aliphatic carbocycles. The zero-order valence-corrected chi connectivity index (χ0v) is 10.4. The van der Waals surface area contributed by atoms with Crippen LogP contribution in [-0.4, -0.2) is 9.97 Å². The van der Waals surface area contributed by atoms with Gasteiger partial charge in [-0.3, -0.25) is 0 Å². The Balaban J connectivity index is 2.50. The lowest BCUT2D eigenvalue weighted by Crippen LogP contribution is -2.11. The third-order valence-electron chi connectivity index (χ3n) is 2.81. The van der Waals surface area contributed by atoms with Crippen LogP contribution in [0.15, 0.2) is 12.1 Å². The van der Waals surface area contributed by atoms with Gasteiger partial charge in [0.15, 0.2) is 0 Å². The number of nitrogen functional groups attached to an aromatic ring is 3. The lowest BCUT2D eigenvalue weighted by Gasteiger charge is -2.15. The molecule has 8 N–H and O–H groups in total. The minimum Gasteiger partial charge on any atom is -0.397 e. The van der Waals surface area contributed by atoms with Gasteiger partial charge in [0.25, 0.3) is 0 Å². The predicted molar refractivity (Wildman–Crippen MR) is 72.5 cm³/mol. The summed E-state index contributed by atoms with van der Waals surface area (Å²) in [6, 6.07) is 3.73. The quantitative estimate of drug-likeness (QED) is 0.520. The van der Waals surface area contributed by atoms with E-state index in [9.17, 15) is 0 Å². The molecule has 0 aliphatic rings. The smallest absolute Gasteiger partial charge is 0.124 e. The van der Waals surface area contributed by atoms with Crippen molar-refractivity contribution in [3.8, 4) is 11.4 Å². The Morgan fingerprint density at radius 3 is 2.00 bits per heavy atom.